The van der Waals surface area contributed by atoms with E-state index >= 15 is 0 Å². The zero-order valence-corrected chi connectivity index (χ0v) is 13.2. The van der Waals surface area contributed by atoms with Crippen LogP contribution < -0.4 is 5.32 Å². The molecule has 2 aromatic carbocycles. The number of esters is 1. The van der Waals surface area contributed by atoms with Gasteiger partial charge in [0.2, 0.25) is 0 Å². The normalized spacial score (nSPS) is 10.2. The van der Waals surface area contributed by atoms with Crippen LogP contribution in [-0.4, -0.2) is 38.7 Å². The van der Waals surface area contributed by atoms with Crippen molar-refractivity contribution in [2.75, 3.05) is 6.61 Å². The maximum Gasteiger partial charge on any atom is 0.338 e. The molecule has 0 aliphatic carbocycles. The summed E-state index contributed by atoms with van der Waals surface area (Å²) < 4.78 is 6.48. The monoisotopic (exact) mass is 337 g/mol. The predicted molar refractivity (Wildman–Crippen MR) is 87.7 cm³/mol. The second-order valence-electron chi connectivity index (χ2n) is 5.14. The van der Waals surface area contributed by atoms with Crippen LogP contribution in [0.25, 0.3) is 5.69 Å². The second-order valence-corrected chi connectivity index (χ2v) is 5.14. The van der Waals surface area contributed by atoms with Gasteiger partial charge in [-0.1, -0.05) is 30.3 Å². The summed E-state index contributed by atoms with van der Waals surface area (Å²) in [5.74, 6) is -0.930. The van der Waals surface area contributed by atoms with Crippen molar-refractivity contribution in [2.24, 2.45) is 0 Å². The van der Waals surface area contributed by atoms with Gasteiger partial charge in [-0.2, -0.15) is 0 Å². The molecular formula is C17H15N5O3. The van der Waals surface area contributed by atoms with Crippen LogP contribution in [0, 0.1) is 0 Å². The summed E-state index contributed by atoms with van der Waals surface area (Å²) in [7, 11) is 0. The minimum Gasteiger partial charge on any atom is -0.452 e. The van der Waals surface area contributed by atoms with E-state index in [1.165, 1.54) is 11.0 Å². The van der Waals surface area contributed by atoms with Crippen molar-refractivity contribution in [1.82, 2.24) is 25.5 Å². The van der Waals surface area contributed by atoms with Crippen molar-refractivity contribution < 1.29 is 14.3 Å². The maximum absolute atomic E-state index is 12.0. The number of carbonyl (C=O) groups is 2. The molecule has 0 radical (unpaired) electrons. The molecule has 0 saturated carbocycles. The summed E-state index contributed by atoms with van der Waals surface area (Å²) in [6.07, 6.45) is 1.45. The number of amides is 1. The lowest BCUT2D eigenvalue weighted by molar-refractivity contribution is -0.124. The Balaban J connectivity index is 1.48. The summed E-state index contributed by atoms with van der Waals surface area (Å²) in [4.78, 5) is 23.7. The lowest BCUT2D eigenvalue weighted by atomic mass is 10.2. The quantitative estimate of drug-likeness (QED) is 0.677. The van der Waals surface area contributed by atoms with Gasteiger partial charge in [0.25, 0.3) is 5.91 Å². The van der Waals surface area contributed by atoms with Gasteiger partial charge in [-0.3, -0.25) is 4.79 Å². The molecule has 1 heterocycles. The summed E-state index contributed by atoms with van der Waals surface area (Å²) in [6, 6.07) is 16.0. The molecular weight excluding hydrogens is 322 g/mol. The molecule has 1 aromatic heterocycles. The third-order valence-electron chi connectivity index (χ3n) is 3.38. The molecule has 0 fully saturated rings. The van der Waals surface area contributed by atoms with E-state index in [9.17, 15) is 9.59 Å². The maximum atomic E-state index is 12.0. The first-order valence-electron chi connectivity index (χ1n) is 7.53. The average molecular weight is 337 g/mol. The van der Waals surface area contributed by atoms with Gasteiger partial charge in [0.1, 0.15) is 6.33 Å². The van der Waals surface area contributed by atoms with Crippen molar-refractivity contribution in [1.29, 1.82) is 0 Å². The van der Waals surface area contributed by atoms with Crippen LogP contribution in [0.4, 0.5) is 0 Å². The number of nitrogens with zero attached hydrogens (tertiary/aromatic N) is 4. The van der Waals surface area contributed by atoms with Crippen LogP contribution in [0.2, 0.25) is 0 Å². The Bertz CT molecular complexity index is 832. The Labute approximate surface area is 143 Å². The SMILES string of the molecule is O=C(COC(=O)c1ccc(-n2cnnn2)cc1)NCc1ccccc1. The van der Waals surface area contributed by atoms with Crippen molar-refractivity contribution in [3.05, 3.63) is 72.1 Å². The Hall–Kier alpha value is -3.55. The van der Waals surface area contributed by atoms with E-state index in [1.54, 1.807) is 24.3 Å². The largest absolute Gasteiger partial charge is 0.452 e. The minimum atomic E-state index is -0.571. The number of nitrogens with one attached hydrogen (secondary N) is 1. The third-order valence-corrected chi connectivity index (χ3v) is 3.38. The second kappa shape index (κ2) is 7.82. The number of tetrazole rings is 1. The summed E-state index contributed by atoms with van der Waals surface area (Å²) >= 11 is 0. The highest BCUT2D eigenvalue weighted by Crippen LogP contribution is 2.08. The van der Waals surface area contributed by atoms with Gasteiger partial charge in [0, 0.05) is 6.54 Å². The van der Waals surface area contributed by atoms with E-state index in [2.05, 4.69) is 20.8 Å². The highest BCUT2D eigenvalue weighted by molar-refractivity contribution is 5.91. The zero-order valence-electron chi connectivity index (χ0n) is 13.2. The molecule has 0 aliphatic heterocycles. The molecule has 1 amide bonds. The molecule has 0 bridgehead atoms. The highest BCUT2D eigenvalue weighted by Gasteiger charge is 2.10. The lowest BCUT2D eigenvalue weighted by Crippen LogP contribution is -2.28. The summed E-state index contributed by atoms with van der Waals surface area (Å²) in [5.41, 5.74) is 2.02. The van der Waals surface area contributed by atoms with E-state index in [0.717, 1.165) is 5.56 Å². The number of aromatic nitrogens is 4. The van der Waals surface area contributed by atoms with Gasteiger partial charge in [0.15, 0.2) is 6.61 Å². The van der Waals surface area contributed by atoms with Crippen LogP contribution in [-0.2, 0) is 16.1 Å². The molecule has 3 rings (SSSR count). The first kappa shape index (κ1) is 16.3. The van der Waals surface area contributed by atoms with Crippen LogP contribution in [0.15, 0.2) is 60.9 Å². The summed E-state index contributed by atoms with van der Waals surface area (Å²) in [6.45, 7) is 0.0538. The standard InChI is InChI=1S/C17H15N5O3/c23-16(18-10-13-4-2-1-3-5-13)11-25-17(24)14-6-8-15(9-7-14)22-12-19-20-21-22/h1-9,12H,10-11H2,(H,18,23). The number of rotatable bonds is 6. The third kappa shape index (κ3) is 4.47. The van der Waals surface area contributed by atoms with Gasteiger partial charge in [-0.25, -0.2) is 9.48 Å². The molecule has 8 nitrogen and oxygen atoms in total. The topological polar surface area (TPSA) is 99.0 Å². The van der Waals surface area contributed by atoms with Crippen molar-refractivity contribution in [3.63, 3.8) is 0 Å². The fraction of sp³-hybridized carbons (Fsp3) is 0.118. The van der Waals surface area contributed by atoms with Gasteiger partial charge in [-0.05, 0) is 40.3 Å². The number of hydrogen-bond donors (Lipinski definition) is 1. The fourth-order valence-corrected chi connectivity index (χ4v) is 2.09. The predicted octanol–water partition coefficient (Wildman–Crippen LogP) is 1.14. The average Bonchev–Trinajstić information content (AvgIpc) is 3.20. The first-order valence-corrected chi connectivity index (χ1v) is 7.53. The number of hydrogen-bond acceptors (Lipinski definition) is 6. The zero-order chi connectivity index (χ0) is 17.5. The van der Waals surface area contributed by atoms with Crippen molar-refractivity contribution in [3.8, 4) is 5.69 Å². The molecule has 8 heteroatoms. The van der Waals surface area contributed by atoms with Gasteiger partial charge in [-0.15, -0.1) is 5.10 Å². The highest BCUT2D eigenvalue weighted by atomic mass is 16.5. The van der Waals surface area contributed by atoms with E-state index in [-0.39, 0.29) is 12.5 Å². The van der Waals surface area contributed by atoms with E-state index in [4.69, 9.17) is 4.74 Å². The molecule has 0 saturated heterocycles. The first-order chi connectivity index (χ1) is 12.2. The van der Waals surface area contributed by atoms with Crippen LogP contribution in [0.5, 0.6) is 0 Å². The van der Waals surface area contributed by atoms with Crippen LogP contribution >= 0.6 is 0 Å². The molecule has 126 valence electrons. The number of ether oxygens (including phenoxy) is 1. The van der Waals surface area contributed by atoms with Crippen molar-refractivity contribution in [2.45, 2.75) is 6.54 Å². The smallest absolute Gasteiger partial charge is 0.338 e. The number of benzene rings is 2. The molecule has 0 aliphatic rings. The van der Waals surface area contributed by atoms with E-state index < -0.39 is 5.97 Å². The lowest BCUT2D eigenvalue weighted by Gasteiger charge is -2.07. The fourth-order valence-electron chi connectivity index (χ4n) is 2.09. The molecule has 0 spiro atoms. The Morgan fingerprint density at radius 3 is 2.48 bits per heavy atom. The summed E-state index contributed by atoms with van der Waals surface area (Å²) in [5, 5.41) is 13.5. The Kier molecular flexibility index (Phi) is 5.10. The molecule has 3 aromatic rings. The minimum absolute atomic E-state index is 0.333. The molecule has 0 atom stereocenters. The van der Waals surface area contributed by atoms with Crippen molar-refractivity contribution >= 4 is 11.9 Å². The Morgan fingerprint density at radius 1 is 1.04 bits per heavy atom. The van der Waals surface area contributed by atoms with Crippen LogP contribution in [0.3, 0.4) is 0 Å². The molecule has 0 unspecified atom stereocenters. The Morgan fingerprint density at radius 2 is 1.80 bits per heavy atom. The van der Waals surface area contributed by atoms with E-state index in [1.807, 2.05) is 30.3 Å². The van der Waals surface area contributed by atoms with Crippen LogP contribution in [0.1, 0.15) is 15.9 Å². The molecule has 25 heavy (non-hydrogen) atoms. The number of carbonyl (C=O) groups excluding carboxylic acids is 2. The van der Waals surface area contributed by atoms with E-state index in [0.29, 0.717) is 17.8 Å². The molecule has 1 N–H and O–H groups in total. The van der Waals surface area contributed by atoms with Gasteiger partial charge >= 0.3 is 5.97 Å². The van der Waals surface area contributed by atoms with Gasteiger partial charge < -0.3 is 10.1 Å². The van der Waals surface area contributed by atoms with Gasteiger partial charge in [0.05, 0.1) is 11.3 Å².